The first kappa shape index (κ1) is 16.5. The van der Waals surface area contributed by atoms with E-state index in [1.807, 2.05) is 20.8 Å². The molecule has 3 nitrogen and oxygen atoms in total. The van der Waals surface area contributed by atoms with Crippen LogP contribution in [0.1, 0.15) is 73.1 Å². The number of hydrogen-bond donors (Lipinski definition) is 1. The minimum Gasteiger partial charge on any atom is -0.460 e. The monoisotopic (exact) mass is 294 g/mol. The Kier molecular flexibility index (Phi) is 4.53. The molecule has 3 aliphatic rings. The van der Waals surface area contributed by atoms with Gasteiger partial charge in [0, 0.05) is 5.92 Å². The highest BCUT2D eigenvalue weighted by molar-refractivity contribution is 5.71. The molecule has 0 saturated heterocycles. The molecule has 120 valence electrons. The maximum absolute atomic E-state index is 12.1. The third kappa shape index (κ3) is 3.50. The van der Waals surface area contributed by atoms with Crippen LogP contribution in [-0.2, 0) is 9.53 Å². The molecule has 1 saturated carbocycles. The van der Waals surface area contributed by atoms with Crippen LogP contribution in [0, 0.1) is 11.8 Å². The molecule has 0 aromatic heterocycles. The summed E-state index contributed by atoms with van der Waals surface area (Å²) in [7, 11) is 0. The quantitative estimate of drug-likeness (QED) is 0.630. The molecule has 3 atom stereocenters. The summed E-state index contributed by atoms with van der Waals surface area (Å²) in [5.74, 6) is 0.321. The smallest absolute Gasteiger partial charge is 0.309 e. The highest BCUT2D eigenvalue weighted by Crippen LogP contribution is 2.52. The summed E-state index contributed by atoms with van der Waals surface area (Å²) < 4.78 is 5.41. The minimum absolute atomic E-state index is 0.127. The molecule has 0 aromatic carbocycles. The van der Waals surface area contributed by atoms with Crippen LogP contribution in [0.2, 0.25) is 0 Å². The van der Waals surface area contributed by atoms with E-state index in [4.69, 9.17) is 4.74 Å². The molecule has 2 bridgehead atoms. The highest BCUT2D eigenvalue weighted by Gasteiger charge is 2.50. The fourth-order valence-corrected chi connectivity index (χ4v) is 4.26. The van der Waals surface area contributed by atoms with Crippen molar-refractivity contribution in [1.29, 1.82) is 0 Å². The van der Waals surface area contributed by atoms with E-state index in [9.17, 15) is 9.90 Å². The molecule has 1 fully saturated rings. The van der Waals surface area contributed by atoms with Crippen LogP contribution in [0.3, 0.4) is 0 Å². The first-order valence-corrected chi connectivity index (χ1v) is 8.30. The van der Waals surface area contributed by atoms with Crippen LogP contribution >= 0.6 is 0 Å². The zero-order valence-corrected chi connectivity index (χ0v) is 14.2. The van der Waals surface area contributed by atoms with Crippen molar-refractivity contribution in [3.63, 3.8) is 0 Å². The maximum atomic E-state index is 12.1. The summed E-state index contributed by atoms with van der Waals surface area (Å²) in [6.45, 7) is 9.96. The molecule has 0 unspecified atom stereocenters. The zero-order valence-electron chi connectivity index (χ0n) is 14.2. The van der Waals surface area contributed by atoms with Crippen LogP contribution in [0.5, 0.6) is 0 Å². The molecule has 0 heterocycles. The normalized spacial score (nSPS) is 32.5. The summed E-state index contributed by atoms with van der Waals surface area (Å²) in [6.07, 6.45) is 5.30. The molecule has 21 heavy (non-hydrogen) atoms. The molecule has 0 aliphatic heterocycles. The number of esters is 1. The average Bonchev–Trinajstić information content (AvgIpc) is 2.30. The zero-order chi connectivity index (χ0) is 15.8. The number of fused-ring (bicyclic) bond motifs is 2. The Morgan fingerprint density at radius 3 is 2.57 bits per heavy atom. The lowest BCUT2D eigenvalue weighted by Crippen LogP contribution is -2.50. The second-order valence-corrected chi connectivity index (χ2v) is 7.86. The van der Waals surface area contributed by atoms with Gasteiger partial charge in [-0.2, -0.15) is 0 Å². The van der Waals surface area contributed by atoms with E-state index in [2.05, 4.69) is 13.8 Å². The topological polar surface area (TPSA) is 46.5 Å². The van der Waals surface area contributed by atoms with Crippen molar-refractivity contribution < 1.29 is 14.6 Å². The lowest BCUT2D eigenvalue weighted by Gasteiger charge is -2.50. The first-order chi connectivity index (χ1) is 9.66. The Bertz CT molecular complexity index is 444. The molecular formula is C18H30O3. The average molecular weight is 294 g/mol. The van der Waals surface area contributed by atoms with Crippen molar-refractivity contribution in [2.45, 2.75) is 84.3 Å². The van der Waals surface area contributed by atoms with E-state index < -0.39 is 11.2 Å². The Balaban J connectivity index is 2.13. The van der Waals surface area contributed by atoms with Gasteiger partial charge in [0.25, 0.3) is 0 Å². The van der Waals surface area contributed by atoms with Crippen molar-refractivity contribution in [2.24, 2.45) is 11.8 Å². The van der Waals surface area contributed by atoms with E-state index in [0.29, 0.717) is 5.92 Å². The molecule has 1 N–H and O–H groups in total. The number of ether oxygens (including phenoxy) is 1. The maximum Gasteiger partial charge on any atom is 0.309 e. The van der Waals surface area contributed by atoms with Gasteiger partial charge in [0.1, 0.15) is 5.60 Å². The standard InChI is InChI=1S/C18H30O3/c1-6-7-14-12(2)15-9-8-13(14)10-18(15,20)11-16(19)21-17(3,4)5/h13,15,20H,6-11H2,1-5H3/t13-,15-,18-/m1/s1. The van der Waals surface area contributed by atoms with Gasteiger partial charge in [-0.15, -0.1) is 0 Å². The van der Waals surface area contributed by atoms with Crippen molar-refractivity contribution in [3.05, 3.63) is 11.1 Å². The molecule has 0 radical (unpaired) electrons. The number of aliphatic hydroxyl groups is 1. The van der Waals surface area contributed by atoms with Gasteiger partial charge in [0.05, 0.1) is 12.0 Å². The second kappa shape index (κ2) is 5.75. The van der Waals surface area contributed by atoms with Crippen LogP contribution in [-0.4, -0.2) is 22.3 Å². The molecule has 3 rings (SSSR count). The van der Waals surface area contributed by atoms with E-state index in [1.54, 1.807) is 5.57 Å². The lowest BCUT2D eigenvalue weighted by molar-refractivity contribution is -0.165. The van der Waals surface area contributed by atoms with Gasteiger partial charge in [-0.05, 0) is 59.3 Å². The first-order valence-electron chi connectivity index (χ1n) is 8.30. The van der Waals surface area contributed by atoms with Crippen molar-refractivity contribution in [1.82, 2.24) is 0 Å². The van der Waals surface area contributed by atoms with Gasteiger partial charge in [-0.3, -0.25) is 4.79 Å². The molecule has 0 spiro atoms. The highest BCUT2D eigenvalue weighted by atomic mass is 16.6. The molecule has 0 amide bonds. The Morgan fingerprint density at radius 1 is 1.38 bits per heavy atom. The number of hydrogen-bond acceptors (Lipinski definition) is 3. The Labute approximate surface area is 128 Å². The largest absolute Gasteiger partial charge is 0.460 e. The fourth-order valence-electron chi connectivity index (χ4n) is 4.26. The van der Waals surface area contributed by atoms with Gasteiger partial charge >= 0.3 is 5.97 Å². The van der Waals surface area contributed by atoms with Crippen molar-refractivity contribution in [2.75, 3.05) is 0 Å². The second-order valence-electron chi connectivity index (χ2n) is 7.86. The predicted octanol–water partition coefficient (Wildman–Crippen LogP) is 4.00. The Morgan fingerprint density at radius 2 is 2.05 bits per heavy atom. The molecular weight excluding hydrogens is 264 g/mol. The number of rotatable bonds is 4. The van der Waals surface area contributed by atoms with Gasteiger partial charge < -0.3 is 9.84 Å². The number of carbonyl (C=O) groups excluding carboxylic acids is 1. The molecule has 0 aromatic rings. The van der Waals surface area contributed by atoms with Gasteiger partial charge in [-0.25, -0.2) is 0 Å². The third-order valence-corrected chi connectivity index (χ3v) is 4.96. The number of allylic oxidation sites excluding steroid dienone is 1. The summed E-state index contributed by atoms with van der Waals surface area (Å²) >= 11 is 0. The lowest BCUT2D eigenvalue weighted by atomic mass is 9.58. The van der Waals surface area contributed by atoms with Crippen molar-refractivity contribution >= 4 is 5.97 Å². The van der Waals surface area contributed by atoms with E-state index in [0.717, 1.165) is 32.1 Å². The summed E-state index contributed by atoms with van der Waals surface area (Å²) in [4.78, 5) is 12.1. The van der Waals surface area contributed by atoms with E-state index >= 15 is 0 Å². The minimum atomic E-state index is -0.896. The van der Waals surface area contributed by atoms with Crippen LogP contribution < -0.4 is 0 Å². The third-order valence-electron chi connectivity index (χ3n) is 4.96. The van der Waals surface area contributed by atoms with Gasteiger partial charge in [0.15, 0.2) is 0 Å². The van der Waals surface area contributed by atoms with Gasteiger partial charge in [0.2, 0.25) is 0 Å². The van der Waals surface area contributed by atoms with Crippen LogP contribution in [0.15, 0.2) is 11.1 Å². The van der Waals surface area contributed by atoms with Crippen LogP contribution in [0.25, 0.3) is 0 Å². The summed E-state index contributed by atoms with van der Waals surface area (Å²) in [5, 5.41) is 11.1. The fraction of sp³-hybridized carbons (Fsp3) is 0.833. The van der Waals surface area contributed by atoms with E-state index in [1.165, 1.54) is 5.57 Å². The Hall–Kier alpha value is -0.830. The van der Waals surface area contributed by atoms with Crippen LogP contribution in [0.4, 0.5) is 0 Å². The van der Waals surface area contributed by atoms with Crippen molar-refractivity contribution in [3.8, 4) is 0 Å². The van der Waals surface area contributed by atoms with E-state index in [-0.39, 0.29) is 18.3 Å². The molecule has 3 aliphatic carbocycles. The summed E-state index contributed by atoms with van der Waals surface area (Å²) in [5.41, 5.74) is 1.50. The SMILES string of the molecule is CCCC1=C(C)[C@H]2CC[C@@H]1C[C@@]2(O)CC(=O)OC(C)(C)C. The molecule has 3 heteroatoms. The number of carbonyl (C=O) groups is 1. The summed E-state index contributed by atoms with van der Waals surface area (Å²) in [6, 6.07) is 0. The predicted molar refractivity (Wildman–Crippen MR) is 83.9 cm³/mol. The van der Waals surface area contributed by atoms with Gasteiger partial charge in [-0.1, -0.05) is 24.5 Å².